The molecular formula is C14H20N2OS. The zero-order valence-electron chi connectivity index (χ0n) is 11.0. The van der Waals surface area contributed by atoms with Crippen molar-refractivity contribution in [3.05, 3.63) is 29.8 Å². The quantitative estimate of drug-likeness (QED) is 0.833. The predicted octanol–water partition coefficient (Wildman–Crippen LogP) is 2.17. The number of carbonyl (C=O) groups is 1. The fourth-order valence-corrected chi connectivity index (χ4v) is 3.33. The van der Waals surface area contributed by atoms with E-state index in [2.05, 4.69) is 13.8 Å². The van der Waals surface area contributed by atoms with Gasteiger partial charge in [0, 0.05) is 29.3 Å². The van der Waals surface area contributed by atoms with Gasteiger partial charge < -0.3 is 10.6 Å². The molecule has 0 bridgehead atoms. The number of hydrogen-bond acceptors (Lipinski definition) is 3. The van der Waals surface area contributed by atoms with Crippen molar-refractivity contribution in [2.45, 2.75) is 25.0 Å². The van der Waals surface area contributed by atoms with Crippen LogP contribution in [0.5, 0.6) is 0 Å². The zero-order valence-corrected chi connectivity index (χ0v) is 11.8. The monoisotopic (exact) mass is 264 g/mol. The number of nitrogens with zero attached hydrogens (tertiary/aromatic N) is 1. The maximum absolute atomic E-state index is 12.2. The van der Waals surface area contributed by atoms with Crippen LogP contribution in [0.4, 0.5) is 5.69 Å². The third kappa shape index (κ3) is 3.42. The van der Waals surface area contributed by atoms with Gasteiger partial charge in [-0.25, -0.2) is 0 Å². The van der Waals surface area contributed by atoms with Gasteiger partial charge >= 0.3 is 0 Å². The number of thioether (sulfide) groups is 1. The van der Waals surface area contributed by atoms with Crippen LogP contribution in [-0.2, 0) is 11.2 Å². The summed E-state index contributed by atoms with van der Waals surface area (Å²) in [5, 5.41) is 0. The van der Waals surface area contributed by atoms with Crippen LogP contribution in [0, 0.1) is 0 Å². The van der Waals surface area contributed by atoms with Crippen LogP contribution >= 0.6 is 11.8 Å². The molecule has 1 heterocycles. The molecule has 1 aliphatic heterocycles. The number of anilines is 1. The highest BCUT2D eigenvalue weighted by Crippen LogP contribution is 2.29. The Morgan fingerprint density at radius 2 is 2.28 bits per heavy atom. The molecule has 2 N–H and O–H groups in total. The Balaban J connectivity index is 2.00. The number of amides is 1. The van der Waals surface area contributed by atoms with Gasteiger partial charge in [0.1, 0.15) is 0 Å². The molecule has 0 aromatic heterocycles. The third-order valence-corrected chi connectivity index (χ3v) is 4.38. The van der Waals surface area contributed by atoms with E-state index in [1.54, 1.807) is 0 Å². The summed E-state index contributed by atoms with van der Waals surface area (Å²) in [5.41, 5.74) is 7.44. The van der Waals surface area contributed by atoms with E-state index in [0.717, 1.165) is 30.1 Å². The molecule has 1 aromatic carbocycles. The lowest BCUT2D eigenvalue weighted by Crippen LogP contribution is -2.46. The molecule has 0 radical (unpaired) electrons. The average Bonchev–Trinajstić information content (AvgIpc) is 2.27. The Morgan fingerprint density at radius 1 is 1.50 bits per heavy atom. The van der Waals surface area contributed by atoms with Crippen molar-refractivity contribution in [3.8, 4) is 0 Å². The second-order valence-electron chi connectivity index (χ2n) is 5.35. The van der Waals surface area contributed by atoms with Crippen LogP contribution in [0.1, 0.15) is 19.4 Å². The Kier molecular flexibility index (Phi) is 3.85. The van der Waals surface area contributed by atoms with Gasteiger partial charge in [-0.15, -0.1) is 0 Å². The van der Waals surface area contributed by atoms with Crippen molar-refractivity contribution >= 4 is 23.4 Å². The first-order chi connectivity index (χ1) is 8.46. The molecule has 1 aliphatic rings. The van der Waals surface area contributed by atoms with Crippen molar-refractivity contribution in [2.24, 2.45) is 0 Å². The molecule has 0 saturated carbocycles. The Hall–Kier alpha value is -1.16. The Labute approximate surface area is 113 Å². The highest BCUT2D eigenvalue weighted by Gasteiger charge is 2.29. The molecule has 0 aliphatic carbocycles. The summed E-state index contributed by atoms with van der Waals surface area (Å²) in [6, 6.07) is 7.57. The second-order valence-corrected chi connectivity index (χ2v) is 7.15. The number of benzene rings is 1. The summed E-state index contributed by atoms with van der Waals surface area (Å²) in [6.45, 7) is 6.07. The van der Waals surface area contributed by atoms with E-state index >= 15 is 0 Å². The summed E-state index contributed by atoms with van der Waals surface area (Å²) < 4.78 is 0.170. The zero-order chi connectivity index (χ0) is 13.2. The number of nitrogen functional groups attached to an aromatic ring is 1. The van der Waals surface area contributed by atoms with Crippen LogP contribution in [0.3, 0.4) is 0 Å². The maximum Gasteiger partial charge on any atom is 0.227 e. The largest absolute Gasteiger partial charge is 0.399 e. The van der Waals surface area contributed by atoms with Gasteiger partial charge in [-0.1, -0.05) is 12.1 Å². The number of hydrogen-bond donors (Lipinski definition) is 1. The van der Waals surface area contributed by atoms with E-state index in [1.165, 1.54) is 0 Å². The predicted molar refractivity (Wildman–Crippen MR) is 77.7 cm³/mol. The fourth-order valence-electron chi connectivity index (χ4n) is 2.22. The summed E-state index contributed by atoms with van der Waals surface area (Å²) in [7, 11) is 0. The SMILES string of the molecule is CC1(C)CN(C(=O)Cc2cccc(N)c2)CCS1. The molecule has 0 spiro atoms. The summed E-state index contributed by atoms with van der Waals surface area (Å²) in [6.07, 6.45) is 0.450. The van der Waals surface area contributed by atoms with Gasteiger partial charge in [0.15, 0.2) is 0 Å². The first-order valence-corrected chi connectivity index (χ1v) is 7.21. The van der Waals surface area contributed by atoms with Crippen LogP contribution in [-0.4, -0.2) is 34.4 Å². The molecule has 18 heavy (non-hydrogen) atoms. The van der Waals surface area contributed by atoms with Crippen molar-refractivity contribution in [1.82, 2.24) is 4.90 Å². The van der Waals surface area contributed by atoms with Gasteiger partial charge in [0.25, 0.3) is 0 Å². The van der Waals surface area contributed by atoms with Crippen LogP contribution < -0.4 is 5.73 Å². The smallest absolute Gasteiger partial charge is 0.227 e. The van der Waals surface area contributed by atoms with E-state index < -0.39 is 0 Å². The molecule has 0 atom stereocenters. The minimum atomic E-state index is 0.170. The van der Waals surface area contributed by atoms with Gasteiger partial charge in [-0.3, -0.25) is 4.79 Å². The second kappa shape index (κ2) is 5.22. The minimum absolute atomic E-state index is 0.170. The van der Waals surface area contributed by atoms with Gasteiger partial charge in [-0.2, -0.15) is 11.8 Å². The van der Waals surface area contributed by atoms with E-state index in [-0.39, 0.29) is 10.7 Å². The lowest BCUT2D eigenvalue weighted by atomic mass is 10.1. The van der Waals surface area contributed by atoms with E-state index in [9.17, 15) is 4.79 Å². The van der Waals surface area contributed by atoms with Crippen molar-refractivity contribution in [3.63, 3.8) is 0 Å². The average molecular weight is 264 g/mol. The molecule has 98 valence electrons. The first kappa shape index (κ1) is 13.3. The molecule has 1 saturated heterocycles. The normalized spacial score (nSPS) is 18.7. The topological polar surface area (TPSA) is 46.3 Å². The molecule has 2 rings (SSSR count). The molecule has 4 heteroatoms. The van der Waals surface area contributed by atoms with E-state index in [4.69, 9.17) is 5.73 Å². The lowest BCUT2D eigenvalue weighted by Gasteiger charge is -2.37. The summed E-state index contributed by atoms with van der Waals surface area (Å²) in [5.74, 6) is 1.23. The number of carbonyl (C=O) groups excluding carboxylic acids is 1. The van der Waals surface area contributed by atoms with Gasteiger partial charge in [0.2, 0.25) is 5.91 Å². The van der Waals surface area contributed by atoms with Gasteiger partial charge in [-0.05, 0) is 31.5 Å². The Morgan fingerprint density at radius 3 is 2.94 bits per heavy atom. The lowest BCUT2D eigenvalue weighted by molar-refractivity contribution is -0.130. The maximum atomic E-state index is 12.2. The molecular weight excluding hydrogens is 244 g/mol. The van der Waals surface area contributed by atoms with Crippen LogP contribution in [0.25, 0.3) is 0 Å². The van der Waals surface area contributed by atoms with Gasteiger partial charge in [0.05, 0.1) is 6.42 Å². The molecule has 1 aromatic rings. The Bertz CT molecular complexity index is 445. The van der Waals surface area contributed by atoms with Crippen molar-refractivity contribution in [1.29, 1.82) is 0 Å². The molecule has 3 nitrogen and oxygen atoms in total. The third-order valence-electron chi connectivity index (χ3n) is 3.08. The highest BCUT2D eigenvalue weighted by molar-refractivity contribution is 8.00. The highest BCUT2D eigenvalue weighted by atomic mass is 32.2. The van der Waals surface area contributed by atoms with Crippen LogP contribution in [0.2, 0.25) is 0 Å². The van der Waals surface area contributed by atoms with E-state index in [1.807, 2.05) is 40.9 Å². The summed E-state index contributed by atoms with van der Waals surface area (Å²) >= 11 is 1.94. The first-order valence-electron chi connectivity index (χ1n) is 6.22. The standard InChI is InChI=1S/C14H20N2OS/c1-14(2)10-16(6-7-18-14)13(17)9-11-4-3-5-12(15)8-11/h3-5,8H,6-7,9-10,15H2,1-2H3. The minimum Gasteiger partial charge on any atom is -0.399 e. The van der Waals surface area contributed by atoms with Crippen molar-refractivity contribution in [2.75, 3.05) is 24.6 Å². The molecule has 1 amide bonds. The van der Waals surface area contributed by atoms with Crippen molar-refractivity contribution < 1.29 is 4.79 Å². The number of nitrogens with two attached hydrogens (primary N) is 1. The summed E-state index contributed by atoms with van der Waals surface area (Å²) in [4.78, 5) is 14.2. The molecule has 0 unspecified atom stereocenters. The van der Waals surface area contributed by atoms with E-state index in [0.29, 0.717) is 6.42 Å². The fraction of sp³-hybridized carbons (Fsp3) is 0.500. The number of rotatable bonds is 2. The van der Waals surface area contributed by atoms with Crippen LogP contribution in [0.15, 0.2) is 24.3 Å². The molecule has 1 fully saturated rings.